The number of carbonyl (C=O) groups excluding carboxylic acids is 1. The third kappa shape index (κ3) is 4.23. The van der Waals surface area contributed by atoms with E-state index in [1.807, 2.05) is 0 Å². The van der Waals surface area contributed by atoms with E-state index in [0.717, 1.165) is 12.4 Å². The number of nitrogens with zero attached hydrogens (tertiary/aromatic N) is 2. The summed E-state index contributed by atoms with van der Waals surface area (Å²) in [5, 5.41) is 1.13. The molecule has 1 aromatic rings. The van der Waals surface area contributed by atoms with E-state index in [-0.39, 0.29) is 5.15 Å². The van der Waals surface area contributed by atoms with E-state index < -0.39 is 30.0 Å². The number of rotatable bonds is 2. The van der Waals surface area contributed by atoms with E-state index in [1.54, 1.807) is 0 Å². The first kappa shape index (κ1) is 15.5. The molecule has 106 valence electrons. The van der Waals surface area contributed by atoms with Crippen molar-refractivity contribution in [3.63, 3.8) is 0 Å². The van der Waals surface area contributed by atoms with Gasteiger partial charge in [0.1, 0.15) is 17.3 Å². The molecular weight excluding hydrogens is 304 g/mol. The number of anilines is 1. The van der Waals surface area contributed by atoms with Gasteiger partial charge in [0, 0.05) is 6.07 Å². The Morgan fingerprint density at radius 1 is 1.16 bits per heavy atom. The van der Waals surface area contributed by atoms with Crippen molar-refractivity contribution in [1.29, 1.82) is 0 Å². The van der Waals surface area contributed by atoms with Crippen LogP contribution >= 0.6 is 11.6 Å². The van der Waals surface area contributed by atoms with Crippen LogP contribution in [0.15, 0.2) is 12.4 Å². The second-order valence-corrected chi connectivity index (χ2v) is 3.62. The molecule has 0 aliphatic rings. The summed E-state index contributed by atoms with van der Waals surface area (Å²) in [5.41, 5.74) is 0. The smallest absolute Gasteiger partial charge is 0.310 e. The van der Waals surface area contributed by atoms with Crippen molar-refractivity contribution in [1.82, 2.24) is 9.97 Å². The van der Waals surface area contributed by atoms with Crippen molar-refractivity contribution in [2.24, 2.45) is 5.92 Å². The molecule has 1 heterocycles. The molecule has 0 spiro atoms. The minimum Gasteiger partial charge on any atom is -0.310 e. The molecule has 1 aromatic heterocycles. The van der Waals surface area contributed by atoms with Crippen molar-refractivity contribution < 1.29 is 31.1 Å². The van der Waals surface area contributed by atoms with E-state index >= 15 is 0 Å². The SMILES string of the molecule is O=C(Nc1cc(Cl)ncn1)C(C(F)(F)F)C(F)(F)F. The molecule has 0 atom stereocenters. The Morgan fingerprint density at radius 2 is 1.68 bits per heavy atom. The van der Waals surface area contributed by atoms with Gasteiger partial charge in [0.05, 0.1) is 0 Å². The number of alkyl halides is 6. The average Bonchev–Trinajstić information content (AvgIpc) is 2.11. The second kappa shape index (κ2) is 5.19. The van der Waals surface area contributed by atoms with Gasteiger partial charge in [-0.1, -0.05) is 11.6 Å². The number of hydrogen-bond donors (Lipinski definition) is 1. The highest BCUT2D eigenvalue weighted by Crippen LogP contribution is 2.39. The molecule has 1 rings (SSSR count). The van der Waals surface area contributed by atoms with Crippen LogP contribution in [0, 0.1) is 5.92 Å². The number of halogens is 7. The molecule has 11 heteroatoms. The van der Waals surface area contributed by atoms with Gasteiger partial charge in [-0.05, 0) is 0 Å². The lowest BCUT2D eigenvalue weighted by Gasteiger charge is -2.21. The highest BCUT2D eigenvalue weighted by molar-refractivity contribution is 6.29. The number of amides is 1. The summed E-state index contributed by atoms with van der Waals surface area (Å²) in [5.74, 6) is -7.01. The van der Waals surface area contributed by atoms with Crippen molar-refractivity contribution >= 4 is 23.3 Å². The fourth-order valence-electron chi connectivity index (χ4n) is 1.08. The molecule has 0 fully saturated rings. The Kier molecular flexibility index (Phi) is 4.23. The fraction of sp³-hybridized carbons (Fsp3) is 0.375. The van der Waals surface area contributed by atoms with Crippen LogP contribution < -0.4 is 5.32 Å². The van der Waals surface area contributed by atoms with Crippen LogP contribution in [0.2, 0.25) is 5.15 Å². The molecule has 0 bridgehead atoms. The van der Waals surface area contributed by atoms with Gasteiger partial charge < -0.3 is 5.32 Å². The number of aromatic nitrogens is 2. The Labute approximate surface area is 106 Å². The maximum Gasteiger partial charge on any atom is 0.409 e. The summed E-state index contributed by atoms with van der Waals surface area (Å²) >= 11 is 5.34. The Hall–Kier alpha value is -1.58. The molecule has 19 heavy (non-hydrogen) atoms. The molecule has 4 nitrogen and oxygen atoms in total. The predicted molar refractivity (Wildman–Crippen MR) is 51.3 cm³/mol. The molecule has 1 N–H and O–H groups in total. The maximum absolute atomic E-state index is 12.2. The van der Waals surface area contributed by atoms with Crippen LogP contribution in [0.25, 0.3) is 0 Å². The van der Waals surface area contributed by atoms with E-state index in [2.05, 4.69) is 9.97 Å². The van der Waals surface area contributed by atoms with Crippen LogP contribution in [0.1, 0.15) is 0 Å². The average molecular weight is 308 g/mol. The normalized spacial score (nSPS) is 12.6. The summed E-state index contributed by atoms with van der Waals surface area (Å²) in [6, 6.07) is 0.809. The van der Waals surface area contributed by atoms with Gasteiger partial charge in [-0.3, -0.25) is 4.79 Å². The van der Waals surface area contributed by atoms with Gasteiger partial charge in [0.15, 0.2) is 0 Å². The number of nitrogens with one attached hydrogen (secondary N) is 1. The number of hydrogen-bond acceptors (Lipinski definition) is 3. The maximum atomic E-state index is 12.2. The van der Waals surface area contributed by atoms with Crippen molar-refractivity contribution in [3.05, 3.63) is 17.5 Å². The van der Waals surface area contributed by atoms with Crippen LogP contribution in [-0.2, 0) is 4.79 Å². The van der Waals surface area contributed by atoms with Gasteiger partial charge in [0.2, 0.25) is 11.8 Å². The summed E-state index contributed by atoms with van der Waals surface area (Å²) in [7, 11) is 0. The zero-order valence-electron chi connectivity index (χ0n) is 8.68. The third-order valence-corrected chi connectivity index (χ3v) is 2.01. The molecule has 1 amide bonds. The second-order valence-electron chi connectivity index (χ2n) is 3.23. The predicted octanol–water partition coefficient (Wildman–Crippen LogP) is 2.81. The first-order valence-corrected chi connectivity index (χ1v) is 4.81. The molecule has 0 saturated carbocycles. The van der Waals surface area contributed by atoms with Gasteiger partial charge >= 0.3 is 12.4 Å². The van der Waals surface area contributed by atoms with Crippen LogP contribution in [-0.4, -0.2) is 28.2 Å². The lowest BCUT2D eigenvalue weighted by Crippen LogP contribution is -2.45. The minimum absolute atomic E-state index is 0.249. The first-order valence-electron chi connectivity index (χ1n) is 4.43. The lowest BCUT2D eigenvalue weighted by molar-refractivity contribution is -0.272. The zero-order valence-corrected chi connectivity index (χ0v) is 9.44. The third-order valence-electron chi connectivity index (χ3n) is 1.80. The summed E-state index contributed by atoms with van der Waals surface area (Å²) < 4.78 is 73.3. The standard InChI is InChI=1S/C8H4ClF6N3O/c9-3-1-4(17-2-16-3)18-6(19)5(7(10,11)12)8(13,14)15/h1-2,5H,(H,16,17,18,19). The summed E-state index contributed by atoms with van der Waals surface area (Å²) in [4.78, 5) is 17.7. The lowest BCUT2D eigenvalue weighted by atomic mass is 10.1. The van der Waals surface area contributed by atoms with Crippen molar-refractivity contribution in [2.45, 2.75) is 12.4 Å². The Bertz CT molecular complexity index is 460. The highest BCUT2D eigenvalue weighted by Gasteiger charge is 2.61. The Morgan fingerprint density at radius 3 is 2.11 bits per heavy atom. The van der Waals surface area contributed by atoms with Gasteiger partial charge in [-0.25, -0.2) is 9.97 Å². The minimum atomic E-state index is -5.76. The zero-order chi connectivity index (χ0) is 14.8. The molecular formula is C8H4ClF6N3O. The molecule has 0 unspecified atom stereocenters. The molecule has 0 radical (unpaired) electrons. The monoisotopic (exact) mass is 307 g/mol. The molecule has 0 aliphatic carbocycles. The number of carbonyl (C=O) groups is 1. The molecule has 0 aliphatic heterocycles. The van der Waals surface area contributed by atoms with E-state index in [9.17, 15) is 31.1 Å². The van der Waals surface area contributed by atoms with Crippen molar-refractivity contribution in [3.8, 4) is 0 Å². The van der Waals surface area contributed by atoms with Gasteiger partial charge in [-0.15, -0.1) is 0 Å². The molecule has 0 saturated heterocycles. The molecule has 0 aromatic carbocycles. The van der Waals surface area contributed by atoms with E-state index in [0.29, 0.717) is 0 Å². The van der Waals surface area contributed by atoms with Crippen molar-refractivity contribution in [2.75, 3.05) is 5.32 Å². The summed E-state index contributed by atoms with van der Waals surface area (Å²) in [6.45, 7) is 0. The fourth-order valence-corrected chi connectivity index (χ4v) is 1.23. The first-order chi connectivity index (χ1) is 8.51. The van der Waals surface area contributed by atoms with Gasteiger partial charge in [-0.2, -0.15) is 26.3 Å². The largest absolute Gasteiger partial charge is 0.409 e. The van der Waals surface area contributed by atoms with E-state index in [4.69, 9.17) is 11.6 Å². The van der Waals surface area contributed by atoms with Gasteiger partial charge in [0.25, 0.3) is 0 Å². The topological polar surface area (TPSA) is 54.9 Å². The quantitative estimate of drug-likeness (QED) is 0.675. The summed E-state index contributed by atoms with van der Waals surface area (Å²) in [6.07, 6.45) is -10.8. The van der Waals surface area contributed by atoms with E-state index in [1.165, 1.54) is 5.32 Å². The van der Waals surface area contributed by atoms with Crippen LogP contribution in [0.3, 0.4) is 0 Å². The van der Waals surface area contributed by atoms with Crippen LogP contribution in [0.5, 0.6) is 0 Å². The Balaban J connectivity index is 2.97. The highest BCUT2D eigenvalue weighted by atomic mass is 35.5. The van der Waals surface area contributed by atoms with Crippen LogP contribution in [0.4, 0.5) is 32.2 Å².